The largest absolute Gasteiger partial charge is 0.383 e. The van der Waals surface area contributed by atoms with Crippen LogP contribution in [0.1, 0.15) is 19.8 Å². The van der Waals surface area contributed by atoms with E-state index in [-0.39, 0.29) is 24.0 Å². The van der Waals surface area contributed by atoms with Crippen LogP contribution in [0.15, 0.2) is 0 Å². The van der Waals surface area contributed by atoms with Crippen molar-refractivity contribution >= 4 is 5.91 Å². The van der Waals surface area contributed by atoms with Gasteiger partial charge in [0.1, 0.15) is 0 Å². The summed E-state index contributed by atoms with van der Waals surface area (Å²) in [6.45, 7) is 3.75. The molecule has 0 aromatic carbocycles. The van der Waals surface area contributed by atoms with E-state index in [9.17, 15) is 4.79 Å². The highest BCUT2D eigenvalue weighted by molar-refractivity contribution is 5.79. The van der Waals surface area contributed by atoms with Crippen molar-refractivity contribution in [1.29, 1.82) is 0 Å². The molecule has 16 heavy (non-hydrogen) atoms. The van der Waals surface area contributed by atoms with Crippen LogP contribution < -0.4 is 11.1 Å². The minimum Gasteiger partial charge on any atom is -0.383 e. The summed E-state index contributed by atoms with van der Waals surface area (Å²) in [6, 6.07) is -0.0115. The van der Waals surface area contributed by atoms with E-state index >= 15 is 0 Å². The number of carbonyl (C=O) groups is 1. The number of carbonyl (C=O) groups excluding carboxylic acids is 1. The van der Waals surface area contributed by atoms with Crippen LogP contribution in [-0.2, 0) is 14.3 Å². The van der Waals surface area contributed by atoms with Crippen molar-refractivity contribution in [1.82, 2.24) is 5.32 Å². The maximum Gasteiger partial charge on any atom is 0.225 e. The first-order valence-electron chi connectivity index (χ1n) is 5.79. The van der Waals surface area contributed by atoms with Crippen LogP contribution in [0.25, 0.3) is 0 Å². The minimum atomic E-state index is -0.0115. The maximum atomic E-state index is 11.7. The monoisotopic (exact) mass is 230 g/mol. The highest BCUT2D eigenvalue weighted by Crippen LogP contribution is 2.20. The van der Waals surface area contributed by atoms with Crippen molar-refractivity contribution in [2.75, 3.05) is 26.9 Å². The molecule has 0 aromatic rings. The lowest BCUT2D eigenvalue weighted by Gasteiger charge is -2.15. The van der Waals surface area contributed by atoms with E-state index in [1.807, 2.05) is 6.92 Å². The number of nitrogens with two attached hydrogens (primary N) is 1. The molecule has 0 saturated carbocycles. The molecule has 0 aromatic heterocycles. The predicted molar refractivity (Wildman–Crippen MR) is 61.0 cm³/mol. The second-order valence-corrected chi connectivity index (χ2v) is 4.27. The molecule has 1 saturated heterocycles. The number of nitrogens with one attached hydrogen (secondary N) is 1. The predicted octanol–water partition coefficient (Wildman–Crippen LogP) is -0.109. The second-order valence-electron chi connectivity index (χ2n) is 4.27. The minimum absolute atomic E-state index is 0.00125. The molecule has 3 unspecified atom stereocenters. The number of hydrogen-bond acceptors (Lipinski definition) is 4. The molecule has 1 aliphatic rings. The number of hydrogen-bond donors (Lipinski definition) is 2. The Labute approximate surface area is 96.7 Å². The average molecular weight is 230 g/mol. The molecule has 1 aliphatic heterocycles. The van der Waals surface area contributed by atoms with Gasteiger partial charge in [0.05, 0.1) is 18.6 Å². The lowest BCUT2D eigenvalue weighted by molar-refractivity contribution is -0.126. The van der Waals surface area contributed by atoms with Gasteiger partial charge in [0.25, 0.3) is 0 Å². The van der Waals surface area contributed by atoms with E-state index < -0.39 is 0 Å². The maximum absolute atomic E-state index is 11.7. The first-order chi connectivity index (χ1) is 7.65. The molecule has 0 radical (unpaired) electrons. The van der Waals surface area contributed by atoms with E-state index in [0.717, 1.165) is 12.8 Å². The Kier molecular flexibility index (Phi) is 5.73. The summed E-state index contributed by atoms with van der Waals surface area (Å²) in [5.41, 5.74) is 5.75. The van der Waals surface area contributed by atoms with Crippen molar-refractivity contribution in [3.63, 3.8) is 0 Å². The van der Waals surface area contributed by atoms with Gasteiger partial charge in [-0.2, -0.15) is 0 Å². The Morgan fingerprint density at radius 3 is 3.00 bits per heavy atom. The van der Waals surface area contributed by atoms with Gasteiger partial charge in [-0.3, -0.25) is 4.79 Å². The van der Waals surface area contributed by atoms with Gasteiger partial charge < -0.3 is 20.5 Å². The van der Waals surface area contributed by atoms with E-state index in [2.05, 4.69) is 5.32 Å². The molecule has 5 heteroatoms. The SMILES string of the molecule is COCC(N)CCNC(=O)C1CCOC1C. The Morgan fingerprint density at radius 2 is 2.44 bits per heavy atom. The van der Waals surface area contributed by atoms with Gasteiger partial charge in [-0.15, -0.1) is 0 Å². The van der Waals surface area contributed by atoms with E-state index in [4.69, 9.17) is 15.2 Å². The van der Waals surface area contributed by atoms with Gasteiger partial charge in [0, 0.05) is 26.3 Å². The topological polar surface area (TPSA) is 73.6 Å². The summed E-state index contributed by atoms with van der Waals surface area (Å²) in [7, 11) is 1.62. The molecule has 3 atom stereocenters. The van der Waals surface area contributed by atoms with Crippen molar-refractivity contribution in [2.45, 2.75) is 31.9 Å². The fourth-order valence-corrected chi connectivity index (χ4v) is 1.89. The quantitative estimate of drug-likeness (QED) is 0.668. The summed E-state index contributed by atoms with van der Waals surface area (Å²) >= 11 is 0. The highest BCUT2D eigenvalue weighted by atomic mass is 16.5. The fraction of sp³-hybridized carbons (Fsp3) is 0.909. The van der Waals surface area contributed by atoms with Gasteiger partial charge in [-0.25, -0.2) is 0 Å². The number of rotatable bonds is 6. The average Bonchev–Trinajstić information content (AvgIpc) is 2.64. The molecular weight excluding hydrogens is 208 g/mol. The Bertz CT molecular complexity index is 223. The van der Waals surface area contributed by atoms with Crippen LogP contribution in [0.5, 0.6) is 0 Å². The van der Waals surface area contributed by atoms with Crippen LogP contribution in [0.4, 0.5) is 0 Å². The number of ether oxygens (including phenoxy) is 2. The lowest BCUT2D eigenvalue weighted by Crippen LogP contribution is -2.37. The zero-order chi connectivity index (χ0) is 12.0. The third kappa shape index (κ3) is 4.08. The second kappa shape index (κ2) is 6.83. The molecule has 3 N–H and O–H groups in total. The third-order valence-electron chi connectivity index (χ3n) is 2.91. The van der Waals surface area contributed by atoms with Crippen LogP contribution in [-0.4, -0.2) is 44.9 Å². The number of amides is 1. The zero-order valence-corrected chi connectivity index (χ0v) is 10.1. The first-order valence-corrected chi connectivity index (χ1v) is 5.79. The molecule has 1 amide bonds. The molecule has 0 aliphatic carbocycles. The normalized spacial score (nSPS) is 26.7. The van der Waals surface area contributed by atoms with E-state index in [1.54, 1.807) is 7.11 Å². The van der Waals surface area contributed by atoms with Gasteiger partial charge in [-0.1, -0.05) is 0 Å². The summed E-state index contributed by atoms with van der Waals surface area (Å²) < 4.78 is 10.3. The van der Waals surface area contributed by atoms with Crippen LogP contribution >= 0.6 is 0 Å². The Balaban J connectivity index is 2.15. The molecule has 1 fully saturated rings. The molecule has 1 rings (SSSR count). The van der Waals surface area contributed by atoms with Crippen LogP contribution in [0, 0.1) is 5.92 Å². The van der Waals surface area contributed by atoms with Crippen LogP contribution in [0.2, 0.25) is 0 Å². The Hall–Kier alpha value is -0.650. The third-order valence-corrected chi connectivity index (χ3v) is 2.91. The summed E-state index contributed by atoms with van der Waals surface area (Å²) in [5.74, 6) is 0.0771. The lowest BCUT2D eigenvalue weighted by atomic mass is 10.0. The van der Waals surface area contributed by atoms with Crippen molar-refractivity contribution in [3.8, 4) is 0 Å². The molecule has 0 bridgehead atoms. The van der Waals surface area contributed by atoms with Crippen LogP contribution in [0.3, 0.4) is 0 Å². The first kappa shape index (κ1) is 13.4. The van der Waals surface area contributed by atoms with Gasteiger partial charge in [0.2, 0.25) is 5.91 Å². The zero-order valence-electron chi connectivity index (χ0n) is 10.1. The van der Waals surface area contributed by atoms with Crippen molar-refractivity contribution in [2.24, 2.45) is 11.7 Å². The standard InChI is InChI=1S/C11H22N2O3/c1-8-10(4-6-16-8)11(14)13-5-3-9(12)7-15-2/h8-10H,3-7,12H2,1-2H3,(H,13,14). The number of methoxy groups -OCH3 is 1. The van der Waals surface area contributed by atoms with Crippen molar-refractivity contribution < 1.29 is 14.3 Å². The molecule has 1 heterocycles. The van der Waals surface area contributed by atoms with Crippen molar-refractivity contribution in [3.05, 3.63) is 0 Å². The summed E-state index contributed by atoms with van der Waals surface area (Å²) in [5, 5.41) is 2.89. The van der Waals surface area contributed by atoms with Gasteiger partial charge in [0.15, 0.2) is 0 Å². The highest BCUT2D eigenvalue weighted by Gasteiger charge is 2.30. The molecular formula is C11H22N2O3. The van der Waals surface area contributed by atoms with Gasteiger partial charge in [-0.05, 0) is 19.8 Å². The fourth-order valence-electron chi connectivity index (χ4n) is 1.89. The molecule has 0 spiro atoms. The summed E-state index contributed by atoms with van der Waals surface area (Å²) in [4.78, 5) is 11.7. The van der Waals surface area contributed by atoms with E-state index in [0.29, 0.717) is 19.8 Å². The van der Waals surface area contributed by atoms with Gasteiger partial charge >= 0.3 is 0 Å². The van der Waals surface area contributed by atoms with E-state index in [1.165, 1.54) is 0 Å². The summed E-state index contributed by atoms with van der Waals surface area (Å²) in [6.07, 6.45) is 1.59. The molecule has 94 valence electrons. The Morgan fingerprint density at radius 1 is 1.69 bits per heavy atom. The molecule has 5 nitrogen and oxygen atoms in total. The smallest absolute Gasteiger partial charge is 0.225 e.